The topological polar surface area (TPSA) is 174 Å². The number of urea groups is 1. The van der Waals surface area contributed by atoms with Crippen molar-refractivity contribution in [3.05, 3.63) is 12.7 Å². The molecule has 7 amide bonds. The Morgan fingerprint density at radius 1 is 0.889 bits per heavy atom. The van der Waals surface area contributed by atoms with E-state index in [9.17, 15) is 33.6 Å². The zero-order chi connectivity index (χ0) is 40.6. The average molecular weight is 755 g/mol. The van der Waals surface area contributed by atoms with Crippen molar-refractivity contribution in [1.82, 2.24) is 31.1 Å². The fourth-order valence-electron chi connectivity index (χ4n) is 8.62. The van der Waals surface area contributed by atoms with Crippen molar-refractivity contribution >= 4 is 41.4 Å². The number of likely N-dealkylation sites (tertiary alicyclic amines) is 2. The van der Waals surface area contributed by atoms with Crippen molar-refractivity contribution in [1.29, 1.82) is 0 Å². The molecule has 2 aliphatic heterocycles. The zero-order valence-electron chi connectivity index (χ0n) is 34.4. The van der Waals surface area contributed by atoms with Crippen LogP contribution >= 0.6 is 0 Å². The van der Waals surface area contributed by atoms with Crippen molar-refractivity contribution in [2.45, 2.75) is 145 Å². The van der Waals surface area contributed by atoms with E-state index in [1.54, 1.807) is 4.90 Å². The van der Waals surface area contributed by atoms with E-state index in [2.05, 4.69) is 41.7 Å². The molecule has 0 aromatic carbocycles. The van der Waals surface area contributed by atoms with Gasteiger partial charge in [0.2, 0.25) is 29.4 Å². The van der Waals surface area contributed by atoms with Crippen LogP contribution in [0.2, 0.25) is 0 Å². The Labute approximate surface area is 321 Å². The molecule has 2 heterocycles. The molecule has 6 atom stereocenters. The van der Waals surface area contributed by atoms with Crippen LogP contribution in [-0.4, -0.2) is 95.0 Å². The number of carbonyl (C=O) groups excluding carboxylic acids is 7. The smallest absolute Gasteiger partial charge is 0.315 e. The first-order valence-corrected chi connectivity index (χ1v) is 19.8. The number of nitrogens with zero attached hydrogens (tertiary/aromatic N) is 2. The van der Waals surface area contributed by atoms with Crippen LogP contribution in [0.15, 0.2) is 12.7 Å². The molecular formula is C41H66N6O7. The fraction of sp³-hybridized carbons (Fsp3) is 0.780. The lowest BCUT2D eigenvalue weighted by atomic mass is 9.79. The largest absolute Gasteiger partial charge is 0.346 e. The molecule has 4 fully saturated rings. The lowest BCUT2D eigenvalue weighted by molar-refractivity contribution is -0.153. The molecule has 13 nitrogen and oxygen atoms in total. The SMILES string of the molecule is C=CCNC(=O)C(=O)C(CC1CCC1)NC(=O)[C@@H]1[C@H]2CCC(C)(C)[C@H]2CN1C(=O)[C@@H](NC(=O)N[C@H](CN1C(=O)CC(C)(C)CC1=O)C(C)(C)C)C(C)(C)C. The summed E-state index contributed by atoms with van der Waals surface area (Å²) in [4.78, 5) is 98.1. The van der Waals surface area contributed by atoms with E-state index in [0.29, 0.717) is 19.4 Å². The lowest BCUT2D eigenvalue weighted by Crippen LogP contribution is -2.63. The van der Waals surface area contributed by atoms with Crippen molar-refractivity contribution < 1.29 is 33.6 Å². The second kappa shape index (κ2) is 16.1. The van der Waals surface area contributed by atoms with Crippen molar-refractivity contribution in [3.63, 3.8) is 0 Å². The molecule has 4 aliphatic rings. The van der Waals surface area contributed by atoms with Crippen LogP contribution in [0, 0.1) is 39.4 Å². The van der Waals surface area contributed by atoms with Gasteiger partial charge in [0.25, 0.3) is 5.91 Å². The van der Waals surface area contributed by atoms with Gasteiger partial charge in [-0.25, -0.2) is 4.79 Å². The minimum Gasteiger partial charge on any atom is -0.346 e. The number of nitrogens with one attached hydrogen (secondary N) is 4. The van der Waals surface area contributed by atoms with Crippen LogP contribution < -0.4 is 21.3 Å². The second-order valence-electron chi connectivity index (χ2n) is 19.9. The van der Waals surface area contributed by atoms with Gasteiger partial charge in [-0.3, -0.25) is 33.7 Å². The third kappa shape index (κ3) is 9.90. The standard InChI is InChI=1S/C41H66N6O7/c1-12-18-42-35(52)32(50)27(19-24-14-13-15-24)43-34(51)31-25-16-17-41(10,11)26(25)22-47(31)36(53)33(39(5,6)7)45-37(54)44-28(38(2,3)4)23-46-29(48)20-40(8,9)21-30(46)49/h12,24-28,31,33H,1,13-23H2,2-11H3,(H,42,52)(H,43,51)(H2,44,45,54)/t25-,26-,27?,28+,31-,33+/m0/s1. The number of hydrogen-bond acceptors (Lipinski definition) is 7. The number of hydrogen-bond donors (Lipinski definition) is 4. The van der Waals surface area contributed by atoms with Crippen LogP contribution in [0.25, 0.3) is 0 Å². The van der Waals surface area contributed by atoms with Gasteiger partial charge < -0.3 is 26.2 Å². The van der Waals surface area contributed by atoms with E-state index in [4.69, 9.17) is 0 Å². The predicted molar refractivity (Wildman–Crippen MR) is 205 cm³/mol. The van der Waals surface area contributed by atoms with E-state index >= 15 is 0 Å². The molecule has 1 unspecified atom stereocenters. The van der Waals surface area contributed by atoms with Crippen LogP contribution in [-0.2, 0) is 28.8 Å². The van der Waals surface area contributed by atoms with Crippen molar-refractivity contribution in [3.8, 4) is 0 Å². The first-order valence-electron chi connectivity index (χ1n) is 19.8. The van der Waals surface area contributed by atoms with Crippen molar-refractivity contribution in [2.24, 2.45) is 39.4 Å². The van der Waals surface area contributed by atoms with Gasteiger partial charge in [0.05, 0.1) is 12.1 Å². The van der Waals surface area contributed by atoms with Crippen LogP contribution in [0.1, 0.15) is 121 Å². The number of rotatable bonds is 13. The van der Waals surface area contributed by atoms with Gasteiger partial charge >= 0.3 is 6.03 Å². The number of carbonyl (C=O) groups is 7. The number of ketones is 1. The summed E-state index contributed by atoms with van der Waals surface area (Å²) in [5, 5.41) is 11.3. The Morgan fingerprint density at radius 2 is 1.50 bits per heavy atom. The first kappa shape index (κ1) is 43.0. The number of imide groups is 1. The highest BCUT2D eigenvalue weighted by Crippen LogP contribution is 2.53. The number of Topliss-reactive ketones (excluding diaryl/α,β-unsaturated/α-hetero) is 1. The van der Waals surface area contributed by atoms with E-state index in [1.165, 1.54) is 11.0 Å². The van der Waals surface area contributed by atoms with Gasteiger partial charge in [0.1, 0.15) is 12.1 Å². The van der Waals surface area contributed by atoms with E-state index in [-0.39, 0.29) is 60.9 Å². The zero-order valence-corrected chi connectivity index (χ0v) is 34.4. The summed E-state index contributed by atoms with van der Waals surface area (Å²) in [5.74, 6) is -2.88. The molecule has 13 heteroatoms. The van der Waals surface area contributed by atoms with Gasteiger partial charge in [-0.1, -0.05) is 94.6 Å². The lowest BCUT2D eigenvalue weighted by Gasteiger charge is -2.40. The quantitative estimate of drug-likeness (QED) is 0.125. The predicted octanol–water partition coefficient (Wildman–Crippen LogP) is 4.10. The third-order valence-electron chi connectivity index (χ3n) is 12.4. The molecule has 0 bridgehead atoms. The molecule has 2 saturated heterocycles. The molecule has 0 radical (unpaired) electrons. The summed E-state index contributed by atoms with van der Waals surface area (Å²) in [6, 6.07) is -4.22. The molecule has 2 aliphatic carbocycles. The Hall–Kier alpha value is -3.77. The van der Waals surface area contributed by atoms with Crippen LogP contribution in [0.4, 0.5) is 4.79 Å². The van der Waals surface area contributed by atoms with E-state index < -0.39 is 69.9 Å². The highest BCUT2D eigenvalue weighted by Gasteiger charge is 2.57. The highest BCUT2D eigenvalue weighted by atomic mass is 16.2. The molecule has 0 aromatic heterocycles. The number of amides is 7. The Kier molecular flexibility index (Phi) is 12.8. The Bertz CT molecular complexity index is 1480. The molecule has 2 saturated carbocycles. The summed E-state index contributed by atoms with van der Waals surface area (Å²) in [6.07, 6.45) is 6.74. The fourth-order valence-corrected chi connectivity index (χ4v) is 8.62. The maximum Gasteiger partial charge on any atom is 0.315 e. The average Bonchev–Trinajstić information content (AvgIpc) is 3.55. The molecule has 4 N–H and O–H groups in total. The number of fused-ring (bicyclic) bond motifs is 1. The second-order valence-corrected chi connectivity index (χ2v) is 19.9. The normalized spacial score (nSPS) is 25.5. The Balaban J connectivity index is 1.57. The van der Waals surface area contributed by atoms with Gasteiger partial charge in [-0.05, 0) is 58.7 Å². The molecule has 302 valence electrons. The molecule has 4 rings (SSSR count). The van der Waals surface area contributed by atoms with Gasteiger partial charge in [0.15, 0.2) is 0 Å². The van der Waals surface area contributed by atoms with Crippen LogP contribution in [0.5, 0.6) is 0 Å². The molecular weight excluding hydrogens is 688 g/mol. The Morgan fingerprint density at radius 3 is 2.02 bits per heavy atom. The minimum atomic E-state index is -1.05. The number of piperidine rings is 1. The molecule has 0 spiro atoms. The monoisotopic (exact) mass is 754 g/mol. The van der Waals surface area contributed by atoms with E-state index in [0.717, 1.165) is 25.7 Å². The van der Waals surface area contributed by atoms with E-state index in [1.807, 2.05) is 55.4 Å². The minimum absolute atomic E-state index is 0.00202. The molecule has 0 aromatic rings. The summed E-state index contributed by atoms with van der Waals surface area (Å²) < 4.78 is 0. The summed E-state index contributed by atoms with van der Waals surface area (Å²) >= 11 is 0. The summed E-state index contributed by atoms with van der Waals surface area (Å²) in [7, 11) is 0. The third-order valence-corrected chi connectivity index (χ3v) is 12.4. The highest BCUT2D eigenvalue weighted by molar-refractivity contribution is 6.38. The van der Waals surface area contributed by atoms with Crippen molar-refractivity contribution in [2.75, 3.05) is 19.6 Å². The van der Waals surface area contributed by atoms with Gasteiger partial charge in [-0.2, -0.15) is 0 Å². The van der Waals surface area contributed by atoms with Gasteiger partial charge in [-0.15, -0.1) is 6.58 Å². The summed E-state index contributed by atoms with van der Waals surface area (Å²) in [6.45, 7) is 23.3. The maximum atomic E-state index is 14.8. The van der Waals surface area contributed by atoms with Gasteiger partial charge in [0, 0.05) is 32.5 Å². The maximum absolute atomic E-state index is 14.8. The molecule has 54 heavy (non-hydrogen) atoms. The van der Waals surface area contributed by atoms with Crippen LogP contribution in [0.3, 0.4) is 0 Å². The first-order chi connectivity index (χ1) is 24.9. The summed E-state index contributed by atoms with van der Waals surface area (Å²) in [5.41, 5.74) is -1.91.